The van der Waals surface area contributed by atoms with Gasteiger partial charge in [0.1, 0.15) is 5.82 Å². The number of rotatable bonds is 8. The molecule has 1 aliphatic heterocycles. The molecule has 1 atom stereocenters. The molecule has 0 spiro atoms. The van der Waals surface area contributed by atoms with Crippen LogP contribution in [0, 0.1) is 5.41 Å². The van der Waals surface area contributed by atoms with E-state index in [0.29, 0.717) is 48.1 Å². The second kappa shape index (κ2) is 10.0. The fraction of sp³-hybridized carbons (Fsp3) is 0.625. The van der Waals surface area contributed by atoms with Gasteiger partial charge in [-0.05, 0) is 18.9 Å². The smallest absolute Gasteiger partial charge is 0.191 e. The van der Waals surface area contributed by atoms with Crippen LogP contribution in [0.15, 0.2) is 17.3 Å². The number of hydrogen-bond acceptors (Lipinski definition) is 5. The van der Waals surface area contributed by atoms with Crippen molar-refractivity contribution in [3.05, 3.63) is 22.3 Å². The molecular weight excluding hydrogens is 365 g/mol. The third-order valence-corrected chi connectivity index (χ3v) is 4.69. The largest absolute Gasteiger partial charge is 0.396 e. The van der Waals surface area contributed by atoms with E-state index in [9.17, 15) is 5.11 Å². The van der Waals surface area contributed by atoms with E-state index in [1.165, 1.54) is 0 Å². The van der Waals surface area contributed by atoms with Gasteiger partial charge >= 0.3 is 0 Å². The molecule has 0 bridgehead atoms. The molecule has 0 aliphatic carbocycles. The van der Waals surface area contributed by atoms with E-state index in [2.05, 4.69) is 25.9 Å². The van der Waals surface area contributed by atoms with Crippen molar-refractivity contribution in [3.63, 3.8) is 0 Å². The average Bonchev–Trinajstić information content (AvgIpc) is 3.05. The molecule has 0 saturated carbocycles. The van der Waals surface area contributed by atoms with Crippen LogP contribution in [0.25, 0.3) is 0 Å². The number of nitrogens with one attached hydrogen (secondary N) is 3. The van der Waals surface area contributed by atoms with Crippen molar-refractivity contribution >= 4 is 35.0 Å². The first-order valence-corrected chi connectivity index (χ1v) is 9.02. The molecule has 4 N–H and O–H groups in total. The number of hydrogen-bond donors (Lipinski definition) is 4. The SMILES string of the molecule is CN=C(NCCNc1ncc(Cl)cc1Cl)NCC1(CCO)CCOC1. The van der Waals surface area contributed by atoms with Crippen molar-refractivity contribution in [2.24, 2.45) is 10.4 Å². The van der Waals surface area contributed by atoms with E-state index in [1.54, 1.807) is 19.3 Å². The normalized spacial score (nSPS) is 20.6. The van der Waals surface area contributed by atoms with Crippen LogP contribution in [0.3, 0.4) is 0 Å². The van der Waals surface area contributed by atoms with Gasteiger partial charge in [0.2, 0.25) is 0 Å². The van der Waals surface area contributed by atoms with Gasteiger partial charge in [-0.2, -0.15) is 0 Å². The van der Waals surface area contributed by atoms with Crippen LogP contribution in [0.5, 0.6) is 0 Å². The minimum absolute atomic E-state index is 0.0224. The number of halogens is 2. The lowest BCUT2D eigenvalue weighted by molar-refractivity contribution is 0.127. The quantitative estimate of drug-likeness (QED) is 0.307. The Morgan fingerprint density at radius 2 is 2.24 bits per heavy atom. The highest BCUT2D eigenvalue weighted by atomic mass is 35.5. The maximum Gasteiger partial charge on any atom is 0.191 e. The Morgan fingerprint density at radius 1 is 1.40 bits per heavy atom. The lowest BCUT2D eigenvalue weighted by Gasteiger charge is -2.27. The van der Waals surface area contributed by atoms with Crippen molar-refractivity contribution in [2.45, 2.75) is 12.8 Å². The monoisotopic (exact) mass is 389 g/mol. The van der Waals surface area contributed by atoms with Crippen molar-refractivity contribution in [1.82, 2.24) is 15.6 Å². The minimum atomic E-state index is -0.0224. The number of guanidine groups is 1. The summed E-state index contributed by atoms with van der Waals surface area (Å²) in [4.78, 5) is 8.36. The molecule has 7 nitrogen and oxygen atoms in total. The molecule has 2 heterocycles. The molecule has 0 amide bonds. The second-order valence-electron chi connectivity index (χ2n) is 6.04. The first-order valence-electron chi connectivity index (χ1n) is 8.27. The molecule has 1 unspecified atom stereocenters. The van der Waals surface area contributed by atoms with Gasteiger partial charge in [-0.3, -0.25) is 4.99 Å². The molecule has 1 saturated heterocycles. The number of aliphatic imine (C=N–C) groups is 1. The van der Waals surface area contributed by atoms with Crippen LogP contribution in [-0.2, 0) is 4.74 Å². The fourth-order valence-corrected chi connectivity index (χ4v) is 3.16. The van der Waals surface area contributed by atoms with Gasteiger partial charge in [0.15, 0.2) is 5.96 Å². The molecule has 1 fully saturated rings. The zero-order valence-corrected chi connectivity index (χ0v) is 15.8. The van der Waals surface area contributed by atoms with Gasteiger partial charge in [-0.1, -0.05) is 23.2 Å². The Hall–Kier alpha value is -1.28. The number of ether oxygens (including phenoxy) is 1. The summed E-state index contributed by atoms with van der Waals surface area (Å²) < 4.78 is 5.50. The van der Waals surface area contributed by atoms with Gasteiger partial charge in [-0.25, -0.2) is 4.98 Å². The Bertz CT molecular complexity index is 580. The first kappa shape index (κ1) is 20.0. The summed E-state index contributed by atoms with van der Waals surface area (Å²) in [7, 11) is 1.73. The molecule has 0 radical (unpaired) electrons. The molecule has 1 aromatic heterocycles. The summed E-state index contributed by atoms with van der Waals surface area (Å²) in [6.45, 7) is 3.55. The van der Waals surface area contributed by atoms with Crippen molar-refractivity contribution in [3.8, 4) is 0 Å². The Balaban J connectivity index is 1.73. The van der Waals surface area contributed by atoms with E-state index in [0.717, 1.165) is 19.4 Å². The molecule has 1 aromatic rings. The fourth-order valence-electron chi connectivity index (χ4n) is 2.71. The van der Waals surface area contributed by atoms with Crippen LogP contribution < -0.4 is 16.0 Å². The Morgan fingerprint density at radius 3 is 2.88 bits per heavy atom. The zero-order chi connectivity index (χ0) is 18.1. The highest BCUT2D eigenvalue weighted by Crippen LogP contribution is 2.31. The van der Waals surface area contributed by atoms with Gasteiger partial charge in [-0.15, -0.1) is 0 Å². The van der Waals surface area contributed by atoms with Crippen LogP contribution in [-0.4, -0.2) is 62.6 Å². The van der Waals surface area contributed by atoms with Gasteiger partial charge in [0.25, 0.3) is 0 Å². The van der Waals surface area contributed by atoms with E-state index < -0.39 is 0 Å². The topological polar surface area (TPSA) is 90.8 Å². The van der Waals surface area contributed by atoms with Gasteiger partial charge in [0, 0.05) is 51.5 Å². The van der Waals surface area contributed by atoms with E-state index in [-0.39, 0.29) is 12.0 Å². The van der Waals surface area contributed by atoms with Crippen LogP contribution in [0.2, 0.25) is 10.0 Å². The molecular formula is C16H25Cl2N5O2. The standard InChI is InChI=1S/C16H25Cl2N5O2/c1-19-15(23-10-16(2-6-24)3-7-25-11-16)21-5-4-20-14-13(18)8-12(17)9-22-14/h8-9,24H,2-7,10-11H2,1H3,(H,20,22)(H2,19,21,23). The number of nitrogens with zero attached hydrogens (tertiary/aromatic N) is 2. The van der Waals surface area contributed by atoms with E-state index in [1.807, 2.05) is 0 Å². The molecule has 2 rings (SSSR count). The predicted molar refractivity (Wildman–Crippen MR) is 102 cm³/mol. The average molecular weight is 390 g/mol. The maximum absolute atomic E-state index is 9.27. The minimum Gasteiger partial charge on any atom is -0.396 e. The lowest BCUT2D eigenvalue weighted by atomic mass is 9.84. The summed E-state index contributed by atoms with van der Waals surface area (Å²) >= 11 is 11.9. The summed E-state index contributed by atoms with van der Waals surface area (Å²) in [5.41, 5.74) is -0.0224. The molecule has 25 heavy (non-hydrogen) atoms. The summed E-state index contributed by atoms with van der Waals surface area (Å²) in [5, 5.41) is 20.0. The highest BCUT2D eigenvalue weighted by Gasteiger charge is 2.34. The number of aromatic nitrogens is 1. The summed E-state index contributed by atoms with van der Waals surface area (Å²) in [5.74, 6) is 1.31. The molecule has 9 heteroatoms. The number of aliphatic hydroxyl groups excluding tert-OH is 1. The number of anilines is 1. The summed E-state index contributed by atoms with van der Waals surface area (Å²) in [6, 6.07) is 1.65. The van der Waals surface area contributed by atoms with Gasteiger partial charge in [0.05, 0.1) is 16.7 Å². The van der Waals surface area contributed by atoms with Gasteiger partial charge < -0.3 is 25.8 Å². The Kier molecular flexibility index (Phi) is 8.02. The lowest BCUT2D eigenvalue weighted by Crippen LogP contribution is -2.45. The third kappa shape index (κ3) is 6.18. The molecule has 140 valence electrons. The third-order valence-electron chi connectivity index (χ3n) is 4.20. The molecule has 0 aromatic carbocycles. The second-order valence-corrected chi connectivity index (χ2v) is 6.88. The van der Waals surface area contributed by atoms with Crippen LogP contribution in [0.4, 0.5) is 5.82 Å². The van der Waals surface area contributed by atoms with Crippen LogP contribution in [0.1, 0.15) is 12.8 Å². The Labute approximate surface area is 158 Å². The highest BCUT2D eigenvalue weighted by molar-refractivity contribution is 6.35. The zero-order valence-electron chi connectivity index (χ0n) is 14.3. The summed E-state index contributed by atoms with van der Waals surface area (Å²) in [6.07, 6.45) is 3.22. The van der Waals surface area contributed by atoms with Crippen molar-refractivity contribution < 1.29 is 9.84 Å². The van der Waals surface area contributed by atoms with Crippen LogP contribution >= 0.6 is 23.2 Å². The number of pyridine rings is 1. The molecule has 1 aliphatic rings. The van der Waals surface area contributed by atoms with Crippen molar-refractivity contribution in [1.29, 1.82) is 0 Å². The van der Waals surface area contributed by atoms with Crippen molar-refractivity contribution in [2.75, 3.05) is 51.8 Å². The predicted octanol–water partition coefficient (Wildman–Crippen LogP) is 1.75. The van der Waals surface area contributed by atoms with E-state index >= 15 is 0 Å². The first-order chi connectivity index (χ1) is 12.1. The maximum atomic E-state index is 9.27. The number of aliphatic hydroxyl groups is 1. The van der Waals surface area contributed by atoms with E-state index in [4.69, 9.17) is 27.9 Å².